The van der Waals surface area contributed by atoms with Crippen LogP contribution in [0.1, 0.15) is 57.1 Å². The second kappa shape index (κ2) is 8.40. The van der Waals surface area contributed by atoms with Gasteiger partial charge in [0.05, 0.1) is 13.2 Å². The number of aliphatic hydroxyl groups excluding tert-OH is 1. The van der Waals surface area contributed by atoms with Crippen molar-refractivity contribution in [2.45, 2.75) is 57.6 Å². The van der Waals surface area contributed by atoms with E-state index < -0.39 is 6.10 Å². The van der Waals surface area contributed by atoms with E-state index in [0.29, 0.717) is 12.6 Å². The second-order valence-corrected chi connectivity index (χ2v) is 6.24. The third-order valence-corrected chi connectivity index (χ3v) is 4.72. The molecule has 1 aliphatic rings. The van der Waals surface area contributed by atoms with E-state index in [0.717, 1.165) is 17.2 Å². The highest BCUT2D eigenvalue weighted by molar-refractivity contribution is 5.29. The maximum absolute atomic E-state index is 10.3. The van der Waals surface area contributed by atoms with Gasteiger partial charge in [0, 0.05) is 12.6 Å². The number of aliphatic hydroxyl groups is 1. The minimum atomic E-state index is -0.478. The first-order valence-corrected chi connectivity index (χ1v) is 8.26. The molecular weight excluding hydrogens is 262 g/mol. The molecule has 2 rings (SSSR count). The molecule has 0 bridgehead atoms. The number of hydrogen-bond donors (Lipinski definition) is 2. The molecule has 21 heavy (non-hydrogen) atoms. The Balaban J connectivity index is 1.83. The van der Waals surface area contributed by atoms with Crippen molar-refractivity contribution in [1.82, 2.24) is 5.32 Å². The van der Waals surface area contributed by atoms with Crippen LogP contribution in [0.25, 0.3) is 0 Å². The number of nitrogens with one attached hydrogen (secondary N) is 1. The monoisotopic (exact) mass is 291 g/mol. The summed E-state index contributed by atoms with van der Waals surface area (Å²) in [5.74, 6) is 1.55. The summed E-state index contributed by atoms with van der Waals surface area (Å²) in [4.78, 5) is 0. The average Bonchev–Trinajstić information content (AvgIpc) is 2.81. The molecule has 0 radical (unpaired) electrons. The van der Waals surface area contributed by atoms with Gasteiger partial charge in [0.15, 0.2) is 0 Å². The molecule has 2 atom stereocenters. The number of benzene rings is 1. The zero-order valence-corrected chi connectivity index (χ0v) is 13.3. The molecule has 0 saturated heterocycles. The second-order valence-electron chi connectivity index (χ2n) is 6.24. The van der Waals surface area contributed by atoms with E-state index in [2.05, 4.69) is 12.2 Å². The van der Waals surface area contributed by atoms with Gasteiger partial charge in [-0.15, -0.1) is 0 Å². The number of rotatable bonds is 6. The molecule has 1 aliphatic carbocycles. The first-order chi connectivity index (χ1) is 10.2. The molecule has 1 saturated carbocycles. The van der Waals surface area contributed by atoms with E-state index in [1.807, 2.05) is 24.3 Å². The van der Waals surface area contributed by atoms with Crippen molar-refractivity contribution in [2.24, 2.45) is 5.92 Å². The molecule has 1 aromatic rings. The van der Waals surface area contributed by atoms with Crippen molar-refractivity contribution < 1.29 is 9.84 Å². The third kappa shape index (κ3) is 5.01. The van der Waals surface area contributed by atoms with Crippen molar-refractivity contribution >= 4 is 0 Å². The molecular formula is C18H29NO2. The highest BCUT2D eigenvalue weighted by atomic mass is 16.5. The molecule has 0 amide bonds. The molecule has 0 aliphatic heterocycles. The molecule has 1 fully saturated rings. The summed E-state index contributed by atoms with van der Waals surface area (Å²) in [6.45, 7) is 2.86. The van der Waals surface area contributed by atoms with Crippen molar-refractivity contribution in [3.63, 3.8) is 0 Å². The number of ether oxygens (including phenoxy) is 1. The van der Waals surface area contributed by atoms with Crippen LogP contribution in [0.2, 0.25) is 0 Å². The fourth-order valence-corrected chi connectivity index (χ4v) is 3.24. The van der Waals surface area contributed by atoms with Gasteiger partial charge < -0.3 is 15.2 Å². The Morgan fingerprint density at radius 1 is 1.24 bits per heavy atom. The zero-order chi connectivity index (χ0) is 15.1. The van der Waals surface area contributed by atoms with Gasteiger partial charge in [-0.2, -0.15) is 0 Å². The smallest absolute Gasteiger partial charge is 0.119 e. The van der Waals surface area contributed by atoms with Gasteiger partial charge in [0.1, 0.15) is 5.75 Å². The zero-order valence-electron chi connectivity index (χ0n) is 13.3. The normalized spacial score (nSPS) is 19.8. The van der Waals surface area contributed by atoms with Crippen LogP contribution in [-0.4, -0.2) is 24.8 Å². The summed E-state index contributed by atoms with van der Waals surface area (Å²) in [6.07, 6.45) is 7.65. The van der Waals surface area contributed by atoms with E-state index in [1.54, 1.807) is 7.11 Å². The van der Waals surface area contributed by atoms with Gasteiger partial charge in [-0.05, 0) is 43.4 Å². The molecule has 1 unspecified atom stereocenters. The van der Waals surface area contributed by atoms with Gasteiger partial charge in [0.25, 0.3) is 0 Å². The largest absolute Gasteiger partial charge is 0.497 e. The van der Waals surface area contributed by atoms with Gasteiger partial charge in [-0.1, -0.05) is 37.8 Å². The van der Waals surface area contributed by atoms with Crippen molar-refractivity contribution in [3.05, 3.63) is 29.8 Å². The maximum atomic E-state index is 10.3. The van der Waals surface area contributed by atoms with E-state index in [-0.39, 0.29) is 0 Å². The van der Waals surface area contributed by atoms with E-state index in [4.69, 9.17) is 4.74 Å². The summed E-state index contributed by atoms with van der Waals surface area (Å²) in [6, 6.07) is 8.15. The molecule has 3 heteroatoms. The van der Waals surface area contributed by atoms with Crippen LogP contribution < -0.4 is 10.1 Å². The molecule has 0 heterocycles. The lowest BCUT2D eigenvalue weighted by molar-refractivity contribution is 0.163. The molecule has 118 valence electrons. The van der Waals surface area contributed by atoms with Crippen LogP contribution >= 0.6 is 0 Å². The summed E-state index contributed by atoms with van der Waals surface area (Å²) >= 11 is 0. The summed E-state index contributed by atoms with van der Waals surface area (Å²) in [5.41, 5.74) is 0.912. The predicted octanol–water partition coefficient (Wildman–Crippen LogP) is 3.68. The van der Waals surface area contributed by atoms with Crippen molar-refractivity contribution in [3.8, 4) is 5.75 Å². The van der Waals surface area contributed by atoms with Crippen LogP contribution in [-0.2, 0) is 0 Å². The standard InChI is InChI=1S/C18H29NO2/c1-14(15-8-5-3-4-6-9-15)19-13-18(20)16-10-7-11-17(12-16)21-2/h7,10-12,14-15,18-20H,3-6,8-9,13H2,1-2H3/t14-,18?/m1/s1. The van der Waals surface area contributed by atoms with E-state index in [1.165, 1.54) is 38.5 Å². The Labute approximate surface area is 128 Å². The summed E-state index contributed by atoms with van der Waals surface area (Å²) in [7, 11) is 1.65. The van der Waals surface area contributed by atoms with Crippen molar-refractivity contribution in [2.75, 3.05) is 13.7 Å². The lowest BCUT2D eigenvalue weighted by Crippen LogP contribution is -2.36. The molecule has 3 nitrogen and oxygen atoms in total. The molecule has 1 aromatic carbocycles. The lowest BCUT2D eigenvalue weighted by Gasteiger charge is -2.25. The minimum absolute atomic E-state index is 0.475. The first kappa shape index (κ1) is 16.3. The first-order valence-electron chi connectivity index (χ1n) is 8.26. The van der Waals surface area contributed by atoms with Crippen LogP contribution in [0.5, 0.6) is 5.75 Å². The van der Waals surface area contributed by atoms with Gasteiger partial charge in [-0.25, -0.2) is 0 Å². The van der Waals surface area contributed by atoms with Crippen LogP contribution in [0, 0.1) is 5.92 Å². The summed E-state index contributed by atoms with van der Waals surface area (Å²) in [5, 5.41) is 13.9. The topological polar surface area (TPSA) is 41.5 Å². The molecule has 2 N–H and O–H groups in total. The Morgan fingerprint density at radius 3 is 2.62 bits per heavy atom. The average molecular weight is 291 g/mol. The van der Waals surface area contributed by atoms with Crippen LogP contribution in [0.4, 0.5) is 0 Å². The summed E-state index contributed by atoms with van der Waals surface area (Å²) < 4.78 is 5.21. The number of methoxy groups -OCH3 is 1. The Hall–Kier alpha value is -1.06. The minimum Gasteiger partial charge on any atom is -0.497 e. The van der Waals surface area contributed by atoms with Gasteiger partial charge >= 0.3 is 0 Å². The van der Waals surface area contributed by atoms with E-state index >= 15 is 0 Å². The Bertz CT molecular complexity index is 413. The fourth-order valence-electron chi connectivity index (χ4n) is 3.24. The molecule has 0 spiro atoms. The Kier molecular flexibility index (Phi) is 6.52. The fraction of sp³-hybridized carbons (Fsp3) is 0.667. The van der Waals surface area contributed by atoms with Crippen molar-refractivity contribution in [1.29, 1.82) is 0 Å². The molecule has 0 aromatic heterocycles. The highest BCUT2D eigenvalue weighted by Gasteiger charge is 2.19. The quantitative estimate of drug-likeness (QED) is 0.786. The van der Waals surface area contributed by atoms with Crippen LogP contribution in [0.3, 0.4) is 0 Å². The SMILES string of the molecule is COc1cccc(C(O)CN[C@H](C)C2CCCCCC2)c1. The van der Waals surface area contributed by atoms with Gasteiger partial charge in [-0.3, -0.25) is 0 Å². The van der Waals surface area contributed by atoms with Crippen LogP contribution in [0.15, 0.2) is 24.3 Å². The van der Waals surface area contributed by atoms with Gasteiger partial charge in [0.2, 0.25) is 0 Å². The lowest BCUT2D eigenvalue weighted by atomic mass is 9.93. The highest BCUT2D eigenvalue weighted by Crippen LogP contribution is 2.26. The Morgan fingerprint density at radius 2 is 1.95 bits per heavy atom. The number of hydrogen-bond acceptors (Lipinski definition) is 3. The maximum Gasteiger partial charge on any atom is 0.119 e. The predicted molar refractivity (Wildman–Crippen MR) is 86.6 cm³/mol. The van der Waals surface area contributed by atoms with E-state index in [9.17, 15) is 5.11 Å². The third-order valence-electron chi connectivity index (χ3n) is 4.72.